The largest absolute Gasteiger partial charge is 0.366 e. The number of rotatable bonds is 6. The van der Waals surface area contributed by atoms with Crippen LogP contribution in [0.15, 0.2) is 15.7 Å². The summed E-state index contributed by atoms with van der Waals surface area (Å²) in [6.07, 6.45) is 1.71. The number of nitrogens with two attached hydrogens (primary N) is 1. The van der Waals surface area contributed by atoms with Gasteiger partial charge in [-0.05, 0) is 32.8 Å². The van der Waals surface area contributed by atoms with Gasteiger partial charge in [0.25, 0.3) is 10.0 Å². The van der Waals surface area contributed by atoms with Crippen molar-refractivity contribution < 1.29 is 13.2 Å². The normalized spacial score (nSPS) is 15.2. The lowest BCUT2D eigenvalue weighted by Crippen LogP contribution is -2.32. The van der Waals surface area contributed by atoms with Crippen LogP contribution in [0.4, 0.5) is 0 Å². The van der Waals surface area contributed by atoms with Crippen LogP contribution in [-0.4, -0.2) is 34.5 Å². The van der Waals surface area contributed by atoms with Crippen molar-refractivity contribution in [2.75, 3.05) is 0 Å². The molecule has 3 rings (SSSR count). The molecular formula is C15H20N4O3S2. The molecule has 130 valence electrons. The second-order valence-electron chi connectivity index (χ2n) is 6.07. The topological polar surface area (TPSA) is 98.3 Å². The fourth-order valence-electron chi connectivity index (χ4n) is 2.67. The molecule has 9 heteroatoms. The van der Waals surface area contributed by atoms with E-state index in [9.17, 15) is 13.2 Å². The minimum Gasteiger partial charge on any atom is -0.366 e. The molecule has 0 aliphatic heterocycles. The first kappa shape index (κ1) is 17.1. The van der Waals surface area contributed by atoms with E-state index in [1.165, 1.54) is 15.8 Å². The van der Waals surface area contributed by atoms with E-state index in [0.29, 0.717) is 6.54 Å². The number of nitrogens with zero attached hydrogens (tertiary/aromatic N) is 3. The van der Waals surface area contributed by atoms with Crippen molar-refractivity contribution in [2.24, 2.45) is 12.8 Å². The maximum Gasteiger partial charge on any atom is 0.253 e. The van der Waals surface area contributed by atoms with Gasteiger partial charge in [0.05, 0.1) is 11.3 Å². The Kier molecular flexibility index (Phi) is 4.27. The predicted octanol–water partition coefficient (Wildman–Crippen LogP) is 1.55. The summed E-state index contributed by atoms with van der Waals surface area (Å²) in [6, 6.07) is 1.37. The monoisotopic (exact) mass is 368 g/mol. The highest BCUT2D eigenvalue weighted by atomic mass is 32.2. The average molecular weight is 368 g/mol. The number of thiophene rings is 1. The van der Waals surface area contributed by atoms with Gasteiger partial charge >= 0.3 is 0 Å². The van der Waals surface area contributed by atoms with Crippen LogP contribution in [0.2, 0.25) is 0 Å². The molecule has 0 saturated heterocycles. The molecule has 1 saturated carbocycles. The van der Waals surface area contributed by atoms with Crippen molar-refractivity contribution >= 4 is 27.3 Å². The van der Waals surface area contributed by atoms with Crippen LogP contribution in [0.3, 0.4) is 0 Å². The van der Waals surface area contributed by atoms with Gasteiger partial charge in [-0.25, -0.2) is 8.42 Å². The first-order chi connectivity index (χ1) is 11.2. The third kappa shape index (κ3) is 2.99. The van der Waals surface area contributed by atoms with E-state index in [1.807, 2.05) is 20.9 Å². The molecule has 1 fully saturated rings. The zero-order chi connectivity index (χ0) is 17.6. The molecule has 24 heavy (non-hydrogen) atoms. The van der Waals surface area contributed by atoms with E-state index in [1.54, 1.807) is 4.68 Å². The Bertz CT molecular complexity index is 894. The number of sulfonamides is 1. The van der Waals surface area contributed by atoms with Gasteiger partial charge in [0.2, 0.25) is 5.91 Å². The lowest BCUT2D eigenvalue weighted by Gasteiger charge is -2.21. The highest BCUT2D eigenvalue weighted by molar-refractivity contribution is 7.91. The van der Waals surface area contributed by atoms with Crippen LogP contribution >= 0.6 is 11.3 Å². The third-order valence-corrected chi connectivity index (χ3v) is 7.66. The van der Waals surface area contributed by atoms with E-state index in [-0.39, 0.29) is 15.8 Å². The summed E-state index contributed by atoms with van der Waals surface area (Å²) in [5.41, 5.74) is 8.18. The lowest BCUT2D eigenvalue weighted by atomic mass is 10.2. The van der Waals surface area contributed by atoms with Crippen molar-refractivity contribution in [3.05, 3.63) is 34.0 Å². The molecule has 1 aliphatic carbocycles. The fraction of sp³-hybridized carbons (Fsp3) is 0.467. The van der Waals surface area contributed by atoms with Gasteiger partial charge in [0.15, 0.2) is 0 Å². The second-order valence-corrected chi connectivity index (χ2v) is 9.10. The highest BCUT2D eigenvalue weighted by Gasteiger charge is 2.39. The van der Waals surface area contributed by atoms with Gasteiger partial charge < -0.3 is 5.73 Å². The number of aromatic nitrogens is 2. The molecule has 1 amide bonds. The summed E-state index contributed by atoms with van der Waals surface area (Å²) in [6.45, 7) is 4.11. The quantitative estimate of drug-likeness (QED) is 0.836. The third-order valence-electron chi connectivity index (χ3n) is 4.35. The molecule has 0 spiro atoms. The van der Waals surface area contributed by atoms with Crippen LogP contribution in [0.1, 0.15) is 40.2 Å². The molecule has 2 aromatic rings. The van der Waals surface area contributed by atoms with Gasteiger partial charge in [-0.1, -0.05) is 0 Å². The molecule has 7 nitrogen and oxygen atoms in total. The van der Waals surface area contributed by atoms with Crippen LogP contribution < -0.4 is 5.73 Å². The smallest absolute Gasteiger partial charge is 0.253 e. The highest BCUT2D eigenvalue weighted by Crippen LogP contribution is 2.36. The van der Waals surface area contributed by atoms with Crippen molar-refractivity contribution in [3.63, 3.8) is 0 Å². The zero-order valence-corrected chi connectivity index (χ0v) is 15.4. The molecule has 0 bridgehead atoms. The molecule has 2 N–H and O–H groups in total. The Morgan fingerprint density at radius 1 is 1.46 bits per heavy atom. The van der Waals surface area contributed by atoms with E-state index < -0.39 is 15.9 Å². The van der Waals surface area contributed by atoms with Gasteiger partial charge in [-0.15, -0.1) is 11.3 Å². The minimum atomic E-state index is -3.67. The Hall–Kier alpha value is -1.71. The van der Waals surface area contributed by atoms with Crippen molar-refractivity contribution in [3.8, 4) is 0 Å². The number of amides is 1. The van der Waals surface area contributed by atoms with Crippen LogP contribution in [0.5, 0.6) is 0 Å². The van der Waals surface area contributed by atoms with Crippen LogP contribution in [0, 0.1) is 13.8 Å². The maximum atomic E-state index is 13.0. The molecule has 0 radical (unpaired) electrons. The Morgan fingerprint density at radius 2 is 2.12 bits per heavy atom. The lowest BCUT2D eigenvalue weighted by molar-refractivity contribution is 0.100. The van der Waals surface area contributed by atoms with Gasteiger partial charge in [-0.3, -0.25) is 9.48 Å². The van der Waals surface area contributed by atoms with Crippen molar-refractivity contribution in [1.82, 2.24) is 14.1 Å². The maximum absolute atomic E-state index is 13.0. The second kappa shape index (κ2) is 5.98. The Morgan fingerprint density at radius 3 is 2.58 bits per heavy atom. The number of carbonyl (C=O) groups excluding carboxylic acids is 1. The minimum absolute atomic E-state index is 0.00753. The van der Waals surface area contributed by atoms with Crippen molar-refractivity contribution in [2.45, 2.75) is 43.5 Å². The predicted molar refractivity (Wildman–Crippen MR) is 91.3 cm³/mol. The summed E-state index contributed by atoms with van der Waals surface area (Å²) in [5, 5.41) is 5.85. The van der Waals surface area contributed by atoms with E-state index in [0.717, 1.165) is 41.1 Å². The summed E-state index contributed by atoms with van der Waals surface area (Å²) >= 11 is 1.03. The number of carbonyl (C=O) groups is 1. The van der Waals surface area contributed by atoms with E-state index in [4.69, 9.17) is 5.73 Å². The number of aryl methyl sites for hydroxylation is 2. The summed E-state index contributed by atoms with van der Waals surface area (Å²) in [5.74, 6) is -0.621. The molecule has 0 unspecified atom stereocenters. The van der Waals surface area contributed by atoms with Crippen LogP contribution in [0.25, 0.3) is 0 Å². The molecular weight excluding hydrogens is 348 g/mol. The van der Waals surface area contributed by atoms with E-state index >= 15 is 0 Å². The summed E-state index contributed by atoms with van der Waals surface area (Å²) in [4.78, 5) is 11.2. The first-order valence-electron chi connectivity index (χ1n) is 7.61. The number of primary amides is 1. The average Bonchev–Trinajstić information content (AvgIpc) is 3.13. The number of hydrogen-bond acceptors (Lipinski definition) is 5. The molecule has 1 aliphatic rings. The SMILES string of the molecule is Cc1nn(C)c(C)c1CN(C1CC1)S(=O)(=O)c1cc(C(N)=O)cs1. The summed E-state index contributed by atoms with van der Waals surface area (Å²) in [7, 11) is -1.82. The first-order valence-corrected chi connectivity index (χ1v) is 9.93. The van der Waals surface area contributed by atoms with Gasteiger partial charge in [-0.2, -0.15) is 9.40 Å². The standard InChI is InChI=1S/C15H20N4O3S2/c1-9-13(10(2)18(3)17-9)7-19(12-4-5-12)24(21,22)14-6-11(8-23-14)15(16)20/h6,8,12H,4-5,7H2,1-3H3,(H2,16,20). The Balaban J connectivity index is 1.96. The fourth-order valence-corrected chi connectivity index (χ4v) is 5.62. The zero-order valence-electron chi connectivity index (χ0n) is 13.8. The van der Waals surface area contributed by atoms with Gasteiger partial charge in [0.1, 0.15) is 4.21 Å². The van der Waals surface area contributed by atoms with E-state index in [2.05, 4.69) is 5.10 Å². The number of hydrogen-bond donors (Lipinski definition) is 1. The molecule has 0 atom stereocenters. The molecule has 0 aromatic carbocycles. The Labute approximate surface area is 145 Å². The summed E-state index contributed by atoms with van der Waals surface area (Å²) < 4.78 is 29.5. The van der Waals surface area contributed by atoms with Crippen molar-refractivity contribution in [1.29, 1.82) is 0 Å². The van der Waals surface area contributed by atoms with Gasteiger partial charge in [0, 0.05) is 36.3 Å². The molecule has 2 aromatic heterocycles. The van der Waals surface area contributed by atoms with Crippen LogP contribution in [-0.2, 0) is 23.6 Å². The molecule has 2 heterocycles.